The summed E-state index contributed by atoms with van der Waals surface area (Å²) in [6, 6.07) is 3.27. The molecule has 0 spiro atoms. The quantitative estimate of drug-likeness (QED) is 0.865. The molecule has 1 saturated heterocycles. The zero-order valence-corrected chi connectivity index (χ0v) is 14.8. The van der Waals surface area contributed by atoms with Crippen molar-refractivity contribution in [2.75, 3.05) is 13.1 Å². The number of carbonyl (C=O) groups excluding carboxylic acids is 1. The standard InChI is InChI=1S/C18H26N2O4/c1-5-13(4)24-15-10-14(6-8-19-15)16(21)20-9-7-18(11-20,12(2)3)17(22)23/h6,8,10,12-13H,5,7,9,11H2,1-4H3,(H,22,23). The number of aliphatic carboxylic acids is 1. The molecule has 132 valence electrons. The first-order valence-electron chi connectivity index (χ1n) is 8.45. The summed E-state index contributed by atoms with van der Waals surface area (Å²) in [4.78, 5) is 30.2. The average molecular weight is 334 g/mol. The fraction of sp³-hybridized carbons (Fsp3) is 0.611. The van der Waals surface area contributed by atoms with Crippen molar-refractivity contribution in [1.82, 2.24) is 9.88 Å². The smallest absolute Gasteiger partial charge is 0.311 e. The second-order valence-corrected chi connectivity index (χ2v) is 6.81. The highest BCUT2D eigenvalue weighted by Gasteiger charge is 2.48. The summed E-state index contributed by atoms with van der Waals surface area (Å²) in [7, 11) is 0. The van der Waals surface area contributed by atoms with Gasteiger partial charge in [0.05, 0.1) is 11.5 Å². The van der Waals surface area contributed by atoms with Gasteiger partial charge in [0.1, 0.15) is 0 Å². The predicted octanol–water partition coefficient (Wildman–Crippen LogP) is 2.83. The van der Waals surface area contributed by atoms with Gasteiger partial charge in [-0.05, 0) is 31.7 Å². The van der Waals surface area contributed by atoms with E-state index in [9.17, 15) is 14.7 Å². The minimum absolute atomic E-state index is 0.0234. The van der Waals surface area contributed by atoms with Crippen LogP contribution in [0.15, 0.2) is 18.3 Å². The highest BCUT2D eigenvalue weighted by Crippen LogP contribution is 2.38. The Morgan fingerprint density at radius 2 is 2.12 bits per heavy atom. The largest absolute Gasteiger partial charge is 0.481 e. The Morgan fingerprint density at radius 3 is 2.67 bits per heavy atom. The van der Waals surface area contributed by atoms with Gasteiger partial charge in [0, 0.05) is 30.9 Å². The number of aromatic nitrogens is 1. The van der Waals surface area contributed by atoms with Gasteiger partial charge in [0.15, 0.2) is 0 Å². The van der Waals surface area contributed by atoms with E-state index in [0.29, 0.717) is 24.4 Å². The summed E-state index contributed by atoms with van der Waals surface area (Å²) < 4.78 is 5.66. The van der Waals surface area contributed by atoms with Crippen molar-refractivity contribution in [3.05, 3.63) is 23.9 Å². The van der Waals surface area contributed by atoms with E-state index < -0.39 is 11.4 Å². The van der Waals surface area contributed by atoms with Crippen LogP contribution in [0.1, 0.15) is 50.9 Å². The number of carboxylic acids is 1. The van der Waals surface area contributed by atoms with Crippen molar-refractivity contribution in [3.63, 3.8) is 0 Å². The van der Waals surface area contributed by atoms with Gasteiger partial charge in [-0.1, -0.05) is 20.8 Å². The third kappa shape index (κ3) is 3.52. The highest BCUT2D eigenvalue weighted by molar-refractivity contribution is 5.95. The van der Waals surface area contributed by atoms with Crippen LogP contribution in [0.4, 0.5) is 0 Å². The highest BCUT2D eigenvalue weighted by atomic mass is 16.5. The first-order chi connectivity index (χ1) is 11.3. The van der Waals surface area contributed by atoms with Crippen molar-refractivity contribution in [2.24, 2.45) is 11.3 Å². The molecule has 24 heavy (non-hydrogen) atoms. The molecule has 2 rings (SSSR count). The average Bonchev–Trinajstić information content (AvgIpc) is 3.01. The van der Waals surface area contributed by atoms with Gasteiger partial charge in [-0.2, -0.15) is 0 Å². The summed E-state index contributed by atoms with van der Waals surface area (Å²) in [6.45, 7) is 8.44. The Balaban J connectivity index is 2.15. The lowest BCUT2D eigenvalue weighted by Crippen LogP contribution is -2.40. The molecule has 1 aliphatic heterocycles. The number of carbonyl (C=O) groups is 2. The molecule has 0 aromatic carbocycles. The van der Waals surface area contributed by atoms with Crippen molar-refractivity contribution >= 4 is 11.9 Å². The molecule has 6 heteroatoms. The monoisotopic (exact) mass is 334 g/mol. The number of hydrogen-bond donors (Lipinski definition) is 1. The van der Waals surface area contributed by atoms with E-state index in [1.54, 1.807) is 23.2 Å². The lowest BCUT2D eigenvalue weighted by atomic mass is 9.76. The second kappa shape index (κ2) is 7.20. The van der Waals surface area contributed by atoms with E-state index in [-0.39, 0.29) is 24.5 Å². The SMILES string of the molecule is CCC(C)Oc1cc(C(=O)N2CCC(C(=O)O)(C(C)C)C2)ccn1. The molecule has 0 saturated carbocycles. The van der Waals surface area contributed by atoms with Gasteiger partial charge < -0.3 is 14.7 Å². The molecule has 1 fully saturated rings. The molecule has 1 amide bonds. The maximum absolute atomic E-state index is 12.7. The number of nitrogens with zero attached hydrogens (tertiary/aromatic N) is 2. The number of hydrogen-bond acceptors (Lipinski definition) is 4. The van der Waals surface area contributed by atoms with E-state index in [2.05, 4.69) is 4.98 Å². The number of pyridine rings is 1. The van der Waals surface area contributed by atoms with Gasteiger partial charge in [-0.3, -0.25) is 9.59 Å². The fourth-order valence-corrected chi connectivity index (χ4v) is 2.98. The van der Waals surface area contributed by atoms with E-state index in [1.807, 2.05) is 27.7 Å². The number of likely N-dealkylation sites (tertiary alicyclic amines) is 1. The molecule has 6 nitrogen and oxygen atoms in total. The zero-order chi connectivity index (χ0) is 17.9. The Hall–Kier alpha value is -2.11. The molecular weight excluding hydrogens is 308 g/mol. The van der Waals surface area contributed by atoms with E-state index in [4.69, 9.17) is 4.74 Å². The van der Waals surface area contributed by atoms with Crippen molar-refractivity contribution < 1.29 is 19.4 Å². The van der Waals surface area contributed by atoms with Crippen molar-refractivity contribution in [2.45, 2.75) is 46.6 Å². The normalized spacial score (nSPS) is 21.8. The minimum atomic E-state index is -0.862. The van der Waals surface area contributed by atoms with E-state index in [1.165, 1.54) is 0 Å². The summed E-state index contributed by atoms with van der Waals surface area (Å²) in [5.41, 5.74) is -0.382. The van der Waals surface area contributed by atoms with Gasteiger partial charge in [-0.25, -0.2) is 4.98 Å². The molecule has 1 aromatic rings. The maximum atomic E-state index is 12.7. The molecule has 1 aliphatic rings. The number of amides is 1. The first kappa shape index (κ1) is 18.2. The summed E-state index contributed by atoms with van der Waals surface area (Å²) >= 11 is 0. The van der Waals surface area contributed by atoms with E-state index >= 15 is 0 Å². The Labute approximate surface area is 142 Å². The Morgan fingerprint density at radius 1 is 1.42 bits per heavy atom. The van der Waals surface area contributed by atoms with Crippen molar-refractivity contribution in [1.29, 1.82) is 0 Å². The van der Waals surface area contributed by atoms with Crippen LogP contribution in [0, 0.1) is 11.3 Å². The number of rotatable bonds is 6. The van der Waals surface area contributed by atoms with Crippen LogP contribution in [-0.4, -0.2) is 46.1 Å². The van der Waals surface area contributed by atoms with Gasteiger partial charge in [0.25, 0.3) is 5.91 Å². The molecule has 2 atom stereocenters. The van der Waals surface area contributed by atoms with Crippen LogP contribution in [0.25, 0.3) is 0 Å². The van der Waals surface area contributed by atoms with E-state index in [0.717, 1.165) is 6.42 Å². The van der Waals surface area contributed by atoms with Crippen LogP contribution in [0.2, 0.25) is 0 Å². The van der Waals surface area contributed by atoms with Crippen LogP contribution in [-0.2, 0) is 4.79 Å². The lowest BCUT2D eigenvalue weighted by molar-refractivity contribution is -0.150. The van der Waals surface area contributed by atoms with Crippen LogP contribution in [0.3, 0.4) is 0 Å². The first-order valence-corrected chi connectivity index (χ1v) is 8.45. The van der Waals surface area contributed by atoms with Gasteiger partial charge in [0.2, 0.25) is 5.88 Å². The number of carboxylic acid groups (broad SMARTS) is 1. The Bertz CT molecular complexity index is 617. The lowest BCUT2D eigenvalue weighted by Gasteiger charge is -2.28. The predicted molar refractivity (Wildman–Crippen MR) is 90.0 cm³/mol. The number of ether oxygens (including phenoxy) is 1. The third-order valence-electron chi connectivity index (χ3n) is 5.00. The van der Waals surface area contributed by atoms with Crippen molar-refractivity contribution in [3.8, 4) is 5.88 Å². The zero-order valence-electron chi connectivity index (χ0n) is 14.8. The molecule has 1 N–H and O–H groups in total. The second-order valence-electron chi connectivity index (χ2n) is 6.81. The fourth-order valence-electron chi connectivity index (χ4n) is 2.98. The van der Waals surface area contributed by atoms with Gasteiger partial charge in [-0.15, -0.1) is 0 Å². The molecule has 0 aliphatic carbocycles. The molecule has 0 radical (unpaired) electrons. The molecule has 0 bridgehead atoms. The van der Waals surface area contributed by atoms with Crippen LogP contribution >= 0.6 is 0 Å². The minimum Gasteiger partial charge on any atom is -0.481 e. The van der Waals surface area contributed by atoms with Crippen LogP contribution in [0.5, 0.6) is 5.88 Å². The molecular formula is C18H26N2O4. The van der Waals surface area contributed by atoms with Gasteiger partial charge >= 0.3 is 5.97 Å². The maximum Gasteiger partial charge on any atom is 0.311 e. The summed E-state index contributed by atoms with van der Waals surface area (Å²) in [5, 5.41) is 9.61. The molecule has 2 unspecified atom stereocenters. The molecule has 1 aromatic heterocycles. The molecule has 2 heterocycles. The van der Waals surface area contributed by atoms with Crippen LogP contribution < -0.4 is 4.74 Å². The Kier molecular flexibility index (Phi) is 5.47. The summed E-state index contributed by atoms with van der Waals surface area (Å²) in [5.74, 6) is -0.615. The topological polar surface area (TPSA) is 79.7 Å². The summed E-state index contributed by atoms with van der Waals surface area (Å²) in [6.07, 6.45) is 2.90. The third-order valence-corrected chi connectivity index (χ3v) is 5.00.